The lowest BCUT2D eigenvalue weighted by Gasteiger charge is -2.27. The van der Waals surface area contributed by atoms with Crippen LogP contribution in [-0.4, -0.2) is 29.3 Å². The average Bonchev–Trinajstić information content (AvgIpc) is 2.43. The van der Waals surface area contributed by atoms with Gasteiger partial charge in [0.2, 0.25) is 11.8 Å². The first-order valence-electron chi connectivity index (χ1n) is 7.10. The molecule has 116 valence electrons. The number of carbonyl (C=O) groups excluding carboxylic acids is 2. The number of nitrogens with one attached hydrogen (secondary N) is 1. The summed E-state index contributed by atoms with van der Waals surface area (Å²) in [5.74, 6) is 0.119. The van der Waals surface area contributed by atoms with E-state index in [-0.39, 0.29) is 11.8 Å². The number of benzene rings is 1. The summed E-state index contributed by atoms with van der Waals surface area (Å²) in [7, 11) is 0. The van der Waals surface area contributed by atoms with E-state index in [1.165, 1.54) is 6.92 Å². The lowest BCUT2D eigenvalue weighted by molar-refractivity contribution is -0.139. The summed E-state index contributed by atoms with van der Waals surface area (Å²) in [5, 5.41) is 3.51. The van der Waals surface area contributed by atoms with Crippen LogP contribution in [0, 0.1) is 5.92 Å². The summed E-state index contributed by atoms with van der Waals surface area (Å²) in [6, 6.07) is 6.77. The smallest absolute Gasteiger partial charge is 0.242 e. The van der Waals surface area contributed by atoms with Crippen molar-refractivity contribution in [3.05, 3.63) is 34.9 Å². The first-order chi connectivity index (χ1) is 9.81. The molecule has 0 saturated heterocycles. The number of amides is 2. The molecule has 0 bridgehead atoms. The van der Waals surface area contributed by atoms with Gasteiger partial charge in [0, 0.05) is 25.0 Å². The summed E-state index contributed by atoms with van der Waals surface area (Å²) in [6.07, 6.45) is 0. The highest BCUT2D eigenvalue weighted by atomic mass is 35.5. The van der Waals surface area contributed by atoms with Crippen molar-refractivity contribution in [2.75, 3.05) is 6.54 Å². The molecule has 0 aliphatic heterocycles. The van der Waals surface area contributed by atoms with Crippen molar-refractivity contribution < 1.29 is 9.59 Å². The van der Waals surface area contributed by atoms with E-state index in [0.29, 0.717) is 24.0 Å². The van der Waals surface area contributed by atoms with Crippen LogP contribution in [0.4, 0.5) is 0 Å². The van der Waals surface area contributed by atoms with Gasteiger partial charge in [0.1, 0.15) is 6.04 Å². The lowest BCUT2D eigenvalue weighted by atomic mass is 10.1. The zero-order chi connectivity index (χ0) is 16.0. The molecule has 0 radical (unpaired) electrons. The van der Waals surface area contributed by atoms with E-state index in [9.17, 15) is 9.59 Å². The van der Waals surface area contributed by atoms with Crippen molar-refractivity contribution in [2.45, 2.75) is 40.3 Å². The molecule has 1 rings (SSSR count). The van der Waals surface area contributed by atoms with Crippen molar-refractivity contribution in [1.82, 2.24) is 10.2 Å². The van der Waals surface area contributed by atoms with E-state index in [1.807, 2.05) is 26.0 Å². The maximum absolute atomic E-state index is 12.1. The summed E-state index contributed by atoms with van der Waals surface area (Å²) >= 11 is 5.85. The van der Waals surface area contributed by atoms with Crippen molar-refractivity contribution >= 4 is 23.4 Å². The summed E-state index contributed by atoms with van der Waals surface area (Å²) in [6.45, 7) is 8.27. The van der Waals surface area contributed by atoms with Crippen molar-refractivity contribution in [3.8, 4) is 0 Å². The fourth-order valence-electron chi connectivity index (χ4n) is 1.90. The molecular weight excluding hydrogens is 288 g/mol. The second-order valence-electron chi connectivity index (χ2n) is 5.59. The number of nitrogens with zero attached hydrogens (tertiary/aromatic N) is 1. The maximum Gasteiger partial charge on any atom is 0.242 e. The molecule has 0 aliphatic carbocycles. The van der Waals surface area contributed by atoms with Gasteiger partial charge in [-0.2, -0.15) is 0 Å². The molecule has 21 heavy (non-hydrogen) atoms. The average molecular weight is 311 g/mol. The highest BCUT2D eigenvalue weighted by Crippen LogP contribution is 2.13. The second kappa shape index (κ2) is 8.03. The van der Waals surface area contributed by atoms with Gasteiger partial charge in [0.25, 0.3) is 0 Å². The number of rotatable bonds is 6. The first kappa shape index (κ1) is 17.5. The molecule has 5 heteroatoms. The Kier molecular flexibility index (Phi) is 6.69. The lowest BCUT2D eigenvalue weighted by Crippen LogP contribution is -2.47. The van der Waals surface area contributed by atoms with Crippen LogP contribution < -0.4 is 5.32 Å². The molecule has 2 amide bonds. The summed E-state index contributed by atoms with van der Waals surface area (Å²) in [4.78, 5) is 25.5. The van der Waals surface area contributed by atoms with Crippen LogP contribution in [0.1, 0.15) is 33.3 Å². The summed E-state index contributed by atoms with van der Waals surface area (Å²) < 4.78 is 0. The van der Waals surface area contributed by atoms with Crippen LogP contribution in [0.3, 0.4) is 0 Å². The fourth-order valence-corrected chi connectivity index (χ4v) is 2.03. The molecule has 0 saturated carbocycles. The molecule has 0 aromatic heterocycles. The fraction of sp³-hybridized carbons (Fsp3) is 0.500. The van der Waals surface area contributed by atoms with Crippen molar-refractivity contribution in [3.63, 3.8) is 0 Å². The zero-order valence-electron chi connectivity index (χ0n) is 13.0. The molecule has 4 nitrogen and oxygen atoms in total. The van der Waals surface area contributed by atoms with E-state index < -0.39 is 6.04 Å². The molecule has 0 unspecified atom stereocenters. The SMILES string of the molecule is CC(=O)N(Cc1ccc(Cl)cc1)[C@H](C)C(=O)NCC(C)C. The van der Waals surface area contributed by atoms with E-state index >= 15 is 0 Å². The summed E-state index contributed by atoms with van der Waals surface area (Å²) in [5.41, 5.74) is 0.943. The van der Waals surface area contributed by atoms with Crippen LogP contribution in [0.25, 0.3) is 0 Å². The van der Waals surface area contributed by atoms with E-state index in [0.717, 1.165) is 5.56 Å². The third kappa shape index (κ3) is 5.76. The normalized spacial score (nSPS) is 12.1. The minimum Gasteiger partial charge on any atom is -0.354 e. The quantitative estimate of drug-likeness (QED) is 0.878. The van der Waals surface area contributed by atoms with Gasteiger partial charge in [-0.1, -0.05) is 37.6 Å². The van der Waals surface area contributed by atoms with Crippen LogP contribution in [-0.2, 0) is 16.1 Å². The third-order valence-electron chi connectivity index (χ3n) is 3.20. The van der Waals surface area contributed by atoms with Gasteiger partial charge in [-0.05, 0) is 30.5 Å². The minimum absolute atomic E-state index is 0.128. The molecule has 0 fully saturated rings. The Morgan fingerprint density at radius 3 is 2.24 bits per heavy atom. The minimum atomic E-state index is -0.503. The Morgan fingerprint density at radius 2 is 1.76 bits per heavy atom. The van der Waals surface area contributed by atoms with Crippen LogP contribution in [0.15, 0.2) is 24.3 Å². The monoisotopic (exact) mass is 310 g/mol. The molecule has 0 heterocycles. The van der Waals surface area contributed by atoms with E-state index in [4.69, 9.17) is 11.6 Å². The number of halogens is 1. The zero-order valence-corrected chi connectivity index (χ0v) is 13.8. The van der Waals surface area contributed by atoms with Gasteiger partial charge in [0.15, 0.2) is 0 Å². The highest BCUT2D eigenvalue weighted by Gasteiger charge is 2.23. The Balaban J connectivity index is 2.74. The molecule has 0 aliphatic rings. The molecule has 1 N–H and O–H groups in total. The van der Waals surface area contributed by atoms with Gasteiger partial charge >= 0.3 is 0 Å². The van der Waals surface area contributed by atoms with Crippen molar-refractivity contribution in [1.29, 1.82) is 0 Å². The molecule has 1 atom stereocenters. The maximum atomic E-state index is 12.1. The molecule has 0 spiro atoms. The van der Waals surface area contributed by atoms with E-state index in [2.05, 4.69) is 5.32 Å². The highest BCUT2D eigenvalue weighted by molar-refractivity contribution is 6.30. The van der Waals surface area contributed by atoms with Crippen LogP contribution in [0.5, 0.6) is 0 Å². The van der Waals surface area contributed by atoms with Crippen LogP contribution in [0.2, 0.25) is 5.02 Å². The standard InChI is InChI=1S/C16H23ClN2O2/c1-11(2)9-18-16(21)12(3)19(13(4)20)10-14-5-7-15(17)8-6-14/h5-8,11-12H,9-10H2,1-4H3,(H,18,21)/t12-/m1/s1. The van der Waals surface area contributed by atoms with Crippen molar-refractivity contribution in [2.24, 2.45) is 5.92 Å². The largest absolute Gasteiger partial charge is 0.354 e. The predicted molar refractivity (Wildman–Crippen MR) is 85.0 cm³/mol. The van der Waals surface area contributed by atoms with Gasteiger partial charge in [-0.3, -0.25) is 9.59 Å². The Morgan fingerprint density at radius 1 is 1.19 bits per heavy atom. The Labute approximate surface area is 131 Å². The topological polar surface area (TPSA) is 49.4 Å². The second-order valence-corrected chi connectivity index (χ2v) is 6.02. The molecular formula is C16H23ClN2O2. The van der Waals surface area contributed by atoms with Gasteiger partial charge < -0.3 is 10.2 Å². The Bertz CT molecular complexity index is 486. The first-order valence-corrected chi connectivity index (χ1v) is 7.48. The molecule has 1 aromatic carbocycles. The van der Waals surface area contributed by atoms with Gasteiger partial charge in [-0.25, -0.2) is 0 Å². The number of hydrogen-bond donors (Lipinski definition) is 1. The number of hydrogen-bond acceptors (Lipinski definition) is 2. The van der Waals surface area contributed by atoms with Gasteiger partial charge in [-0.15, -0.1) is 0 Å². The van der Waals surface area contributed by atoms with Crippen LogP contribution >= 0.6 is 11.6 Å². The Hall–Kier alpha value is -1.55. The van der Waals surface area contributed by atoms with E-state index in [1.54, 1.807) is 24.0 Å². The molecule has 1 aromatic rings. The predicted octanol–water partition coefficient (Wildman–Crippen LogP) is 2.85. The number of carbonyl (C=O) groups is 2. The third-order valence-corrected chi connectivity index (χ3v) is 3.45. The van der Waals surface area contributed by atoms with Gasteiger partial charge in [0.05, 0.1) is 0 Å².